The van der Waals surface area contributed by atoms with Crippen LogP contribution in [0.2, 0.25) is 0 Å². The van der Waals surface area contributed by atoms with Crippen LogP contribution in [0.5, 0.6) is 0 Å². The third-order valence-corrected chi connectivity index (χ3v) is 4.26. The summed E-state index contributed by atoms with van der Waals surface area (Å²) >= 11 is 0. The molecular weight excluding hydrogens is 326 g/mol. The number of nitrogens with one attached hydrogen (secondary N) is 2. The van der Waals surface area contributed by atoms with E-state index < -0.39 is 0 Å². The monoisotopic (exact) mass is 353 g/mol. The first-order valence-corrected chi connectivity index (χ1v) is 9.02. The Labute approximate surface area is 155 Å². The lowest BCUT2D eigenvalue weighted by atomic mass is 10.1. The summed E-state index contributed by atoms with van der Waals surface area (Å²) in [5, 5.41) is 5.45. The Bertz CT molecular complexity index is 695. The van der Waals surface area contributed by atoms with Crippen molar-refractivity contribution < 1.29 is 9.59 Å². The molecule has 0 aromatic heterocycles. The summed E-state index contributed by atoms with van der Waals surface area (Å²) in [6, 6.07) is 17.1. The fourth-order valence-electron chi connectivity index (χ4n) is 2.58. The molecule has 0 saturated heterocycles. The van der Waals surface area contributed by atoms with Crippen molar-refractivity contribution in [3.05, 3.63) is 71.3 Å². The van der Waals surface area contributed by atoms with Crippen LogP contribution in [0.4, 0.5) is 0 Å². The average molecular weight is 353 g/mol. The highest BCUT2D eigenvalue weighted by atomic mass is 16.2. The summed E-state index contributed by atoms with van der Waals surface area (Å²) in [6.07, 6.45) is 0. The highest BCUT2D eigenvalue weighted by Crippen LogP contribution is 2.07. The largest absolute Gasteiger partial charge is 0.350 e. The Hall–Kier alpha value is -2.66. The quantitative estimate of drug-likeness (QED) is 0.728. The Morgan fingerprint density at radius 1 is 0.846 bits per heavy atom. The zero-order valence-corrected chi connectivity index (χ0v) is 15.5. The van der Waals surface area contributed by atoms with E-state index in [2.05, 4.69) is 41.5 Å². The Balaban J connectivity index is 1.74. The zero-order valence-electron chi connectivity index (χ0n) is 15.5. The van der Waals surface area contributed by atoms with Crippen LogP contribution in [0, 0.1) is 0 Å². The van der Waals surface area contributed by atoms with Gasteiger partial charge in [0, 0.05) is 18.7 Å². The highest BCUT2D eigenvalue weighted by molar-refractivity contribution is 5.96. The number of nitrogens with zero attached hydrogens (tertiary/aromatic N) is 1. The van der Waals surface area contributed by atoms with E-state index in [1.807, 2.05) is 18.2 Å². The lowest BCUT2D eigenvalue weighted by molar-refractivity contribution is -0.120. The van der Waals surface area contributed by atoms with Gasteiger partial charge in [-0.2, -0.15) is 0 Å². The van der Waals surface area contributed by atoms with Crippen LogP contribution in [-0.2, 0) is 17.9 Å². The van der Waals surface area contributed by atoms with Crippen molar-refractivity contribution in [1.82, 2.24) is 15.5 Å². The van der Waals surface area contributed by atoms with E-state index in [4.69, 9.17) is 0 Å². The average Bonchev–Trinajstić information content (AvgIpc) is 2.70. The Morgan fingerprint density at radius 2 is 1.46 bits per heavy atom. The summed E-state index contributed by atoms with van der Waals surface area (Å²) in [5.74, 6) is -0.456. The zero-order chi connectivity index (χ0) is 18.8. The van der Waals surface area contributed by atoms with Crippen molar-refractivity contribution in [1.29, 1.82) is 0 Å². The van der Waals surface area contributed by atoms with E-state index in [9.17, 15) is 9.59 Å². The van der Waals surface area contributed by atoms with Gasteiger partial charge in [-0.3, -0.25) is 14.5 Å². The summed E-state index contributed by atoms with van der Waals surface area (Å²) in [4.78, 5) is 26.2. The lowest BCUT2D eigenvalue weighted by Crippen LogP contribution is -2.36. The molecule has 138 valence electrons. The minimum absolute atomic E-state index is 0.0340. The second kappa shape index (κ2) is 10.4. The third kappa shape index (κ3) is 6.33. The Kier molecular flexibility index (Phi) is 7.83. The molecule has 0 aliphatic rings. The second-order valence-corrected chi connectivity index (χ2v) is 6.10. The molecule has 26 heavy (non-hydrogen) atoms. The van der Waals surface area contributed by atoms with Crippen LogP contribution < -0.4 is 10.6 Å². The molecule has 0 unspecified atom stereocenters. The molecule has 2 amide bonds. The maximum absolute atomic E-state index is 11.9. The van der Waals surface area contributed by atoms with E-state index in [-0.39, 0.29) is 18.4 Å². The van der Waals surface area contributed by atoms with Crippen molar-refractivity contribution in [2.24, 2.45) is 0 Å². The predicted molar refractivity (Wildman–Crippen MR) is 104 cm³/mol. The third-order valence-electron chi connectivity index (χ3n) is 4.26. The van der Waals surface area contributed by atoms with E-state index >= 15 is 0 Å². The number of carbonyl (C=O) groups excluding carboxylic acids is 2. The van der Waals surface area contributed by atoms with Gasteiger partial charge in [0.25, 0.3) is 5.91 Å². The van der Waals surface area contributed by atoms with Crippen LogP contribution in [0.15, 0.2) is 54.6 Å². The van der Waals surface area contributed by atoms with E-state index in [1.54, 1.807) is 24.3 Å². The smallest absolute Gasteiger partial charge is 0.251 e. The van der Waals surface area contributed by atoms with Crippen molar-refractivity contribution in [2.45, 2.75) is 26.9 Å². The van der Waals surface area contributed by atoms with Gasteiger partial charge < -0.3 is 10.6 Å². The first kappa shape index (κ1) is 19.7. The first-order chi connectivity index (χ1) is 12.6. The molecule has 0 bridgehead atoms. The molecule has 0 radical (unpaired) electrons. The van der Waals surface area contributed by atoms with E-state index in [0.29, 0.717) is 12.1 Å². The van der Waals surface area contributed by atoms with Crippen molar-refractivity contribution >= 4 is 11.8 Å². The minimum atomic E-state index is -0.249. The molecule has 0 aliphatic heterocycles. The van der Waals surface area contributed by atoms with Gasteiger partial charge in [-0.05, 0) is 36.3 Å². The minimum Gasteiger partial charge on any atom is -0.350 e. The molecule has 2 rings (SSSR count). The van der Waals surface area contributed by atoms with Crippen LogP contribution in [0.3, 0.4) is 0 Å². The number of rotatable bonds is 9. The van der Waals surface area contributed by atoms with Gasteiger partial charge in [-0.25, -0.2) is 0 Å². The van der Waals surface area contributed by atoms with Crippen molar-refractivity contribution in [3.63, 3.8) is 0 Å². The van der Waals surface area contributed by atoms with Crippen molar-refractivity contribution in [2.75, 3.05) is 19.6 Å². The van der Waals surface area contributed by atoms with Crippen LogP contribution in [0.1, 0.15) is 35.3 Å². The number of hydrogen-bond donors (Lipinski definition) is 2. The molecular formula is C21H27N3O2. The predicted octanol–water partition coefficient (Wildman–Crippen LogP) is 2.57. The van der Waals surface area contributed by atoms with Crippen LogP contribution >= 0.6 is 0 Å². The number of hydrogen-bond acceptors (Lipinski definition) is 3. The van der Waals surface area contributed by atoms with Gasteiger partial charge in [0.2, 0.25) is 5.91 Å². The van der Waals surface area contributed by atoms with Gasteiger partial charge in [-0.15, -0.1) is 0 Å². The highest BCUT2D eigenvalue weighted by Gasteiger charge is 2.07. The lowest BCUT2D eigenvalue weighted by Gasteiger charge is -2.18. The van der Waals surface area contributed by atoms with Gasteiger partial charge in [-0.1, -0.05) is 56.3 Å². The summed E-state index contributed by atoms with van der Waals surface area (Å²) in [6.45, 7) is 7.73. The second-order valence-electron chi connectivity index (χ2n) is 6.10. The molecule has 0 saturated carbocycles. The molecule has 0 fully saturated rings. The van der Waals surface area contributed by atoms with E-state index in [1.165, 1.54) is 5.56 Å². The molecule has 0 atom stereocenters. The number of carbonyl (C=O) groups is 2. The summed E-state index contributed by atoms with van der Waals surface area (Å²) in [7, 11) is 0. The molecule has 0 aliphatic carbocycles. The van der Waals surface area contributed by atoms with Gasteiger partial charge in [0.15, 0.2) is 0 Å². The SMILES string of the molecule is CCN(CC)Cc1ccc(CNC(=O)CNC(=O)c2ccccc2)cc1. The molecule has 5 heteroatoms. The number of amides is 2. The van der Waals surface area contributed by atoms with Gasteiger partial charge in [0.05, 0.1) is 6.54 Å². The normalized spacial score (nSPS) is 10.6. The van der Waals surface area contributed by atoms with Gasteiger partial charge >= 0.3 is 0 Å². The molecule has 0 heterocycles. The topological polar surface area (TPSA) is 61.4 Å². The van der Waals surface area contributed by atoms with Gasteiger partial charge in [0.1, 0.15) is 0 Å². The first-order valence-electron chi connectivity index (χ1n) is 9.02. The maximum atomic E-state index is 11.9. The molecule has 5 nitrogen and oxygen atoms in total. The molecule has 2 N–H and O–H groups in total. The summed E-state index contributed by atoms with van der Waals surface area (Å²) in [5.41, 5.74) is 2.85. The standard InChI is InChI=1S/C21H27N3O2/c1-3-24(4-2)16-18-12-10-17(11-13-18)14-22-20(25)15-23-21(26)19-8-6-5-7-9-19/h5-13H,3-4,14-16H2,1-2H3,(H,22,25)(H,23,26). The fraction of sp³-hybridized carbons (Fsp3) is 0.333. The van der Waals surface area contributed by atoms with Crippen molar-refractivity contribution in [3.8, 4) is 0 Å². The maximum Gasteiger partial charge on any atom is 0.251 e. The molecule has 0 spiro atoms. The Morgan fingerprint density at radius 3 is 2.08 bits per heavy atom. The number of benzene rings is 2. The molecule has 2 aromatic carbocycles. The van der Waals surface area contributed by atoms with E-state index in [0.717, 1.165) is 25.2 Å². The van der Waals surface area contributed by atoms with Crippen LogP contribution in [-0.4, -0.2) is 36.3 Å². The summed E-state index contributed by atoms with van der Waals surface area (Å²) < 4.78 is 0. The molecule has 2 aromatic rings. The van der Waals surface area contributed by atoms with Crippen LogP contribution in [0.25, 0.3) is 0 Å². The fourth-order valence-corrected chi connectivity index (χ4v) is 2.58.